The van der Waals surface area contributed by atoms with Gasteiger partial charge in [0, 0.05) is 17.5 Å². The Kier molecular flexibility index (Phi) is 6.52. The molecule has 0 bridgehead atoms. The van der Waals surface area contributed by atoms with Crippen LogP contribution in [0.1, 0.15) is 45.4 Å². The number of methoxy groups -OCH3 is 1. The zero-order valence-corrected chi connectivity index (χ0v) is 17.3. The topological polar surface area (TPSA) is 57.1 Å². The molecule has 4 nitrogen and oxygen atoms in total. The normalized spacial score (nSPS) is 18.0. The van der Waals surface area contributed by atoms with Crippen LogP contribution in [-0.4, -0.2) is 19.0 Å². The van der Waals surface area contributed by atoms with Gasteiger partial charge in [-0.15, -0.1) is 11.3 Å². The average Bonchev–Trinajstić information content (AvgIpc) is 3.09. The number of hydrogen-bond acceptors (Lipinski definition) is 5. The fourth-order valence-corrected chi connectivity index (χ4v) is 4.71. The summed E-state index contributed by atoms with van der Waals surface area (Å²) in [6, 6.07) is 1.99. The molecule has 0 amide bonds. The van der Waals surface area contributed by atoms with Crippen LogP contribution in [0.4, 0.5) is 0 Å². The minimum atomic E-state index is 0.0239. The fraction of sp³-hybridized carbons (Fsp3) is 0.500. The molecule has 0 saturated heterocycles. The van der Waals surface area contributed by atoms with E-state index in [2.05, 4.69) is 47.3 Å². The van der Waals surface area contributed by atoms with Gasteiger partial charge in [-0.3, -0.25) is 0 Å². The predicted octanol–water partition coefficient (Wildman–Crippen LogP) is 5.13. The molecule has 2 heterocycles. The summed E-state index contributed by atoms with van der Waals surface area (Å²) in [6.07, 6.45) is 4.16. The lowest BCUT2D eigenvalue weighted by Crippen LogP contribution is -2.37. The van der Waals surface area contributed by atoms with Gasteiger partial charge < -0.3 is 20.8 Å². The van der Waals surface area contributed by atoms with Crippen molar-refractivity contribution in [2.24, 2.45) is 5.92 Å². The Morgan fingerprint density at radius 1 is 1.42 bits per heavy atom. The highest BCUT2D eigenvalue weighted by Gasteiger charge is 2.29. The van der Waals surface area contributed by atoms with Gasteiger partial charge in [-0.25, -0.2) is 0 Å². The number of ether oxygens (including phenoxy) is 1. The molecule has 0 aromatic carbocycles. The van der Waals surface area contributed by atoms with Crippen molar-refractivity contribution in [2.45, 2.75) is 46.7 Å². The van der Waals surface area contributed by atoms with Crippen LogP contribution in [-0.2, 0) is 0 Å². The van der Waals surface area contributed by atoms with Gasteiger partial charge in [0.25, 0.3) is 0 Å². The Hall–Kier alpha value is -1.27. The van der Waals surface area contributed by atoms with Crippen molar-refractivity contribution in [3.63, 3.8) is 0 Å². The molecule has 0 radical (unpaired) electrons. The summed E-state index contributed by atoms with van der Waals surface area (Å²) in [6.45, 7) is 8.32. The lowest BCUT2D eigenvalue weighted by atomic mass is 9.90. The summed E-state index contributed by atoms with van der Waals surface area (Å²) in [7, 11) is 1.70. The Labute approximate surface area is 157 Å². The number of hydrogen-bond donors (Lipinski definition) is 3. The molecule has 1 aromatic heterocycles. The molecule has 3 N–H and O–H groups in total. The van der Waals surface area contributed by atoms with Crippen LogP contribution in [0.25, 0.3) is 5.70 Å². The van der Waals surface area contributed by atoms with E-state index in [9.17, 15) is 0 Å². The van der Waals surface area contributed by atoms with E-state index in [1.165, 1.54) is 5.57 Å². The van der Waals surface area contributed by atoms with Gasteiger partial charge in [0.2, 0.25) is 0 Å². The molecule has 1 unspecified atom stereocenters. The summed E-state index contributed by atoms with van der Waals surface area (Å²) in [5.74, 6) is 1.33. The zero-order chi connectivity index (χ0) is 17.9. The van der Waals surface area contributed by atoms with Crippen LogP contribution in [0.3, 0.4) is 0 Å². The maximum Gasteiger partial charge on any atom is 0.140 e. The molecule has 1 aliphatic rings. The zero-order valence-electron chi connectivity index (χ0n) is 14.9. The van der Waals surface area contributed by atoms with E-state index < -0.39 is 0 Å². The van der Waals surface area contributed by atoms with Gasteiger partial charge in [0.15, 0.2) is 0 Å². The highest BCUT2D eigenvalue weighted by Crippen LogP contribution is 2.39. The first kappa shape index (κ1) is 19.1. The first-order chi connectivity index (χ1) is 11.4. The predicted molar refractivity (Wildman–Crippen MR) is 107 cm³/mol. The highest BCUT2D eigenvalue weighted by molar-refractivity contribution is 9.11. The third kappa shape index (κ3) is 4.03. The monoisotopic (exact) mass is 411 g/mol. The lowest BCUT2D eigenvalue weighted by Gasteiger charge is -2.25. The lowest BCUT2D eigenvalue weighted by molar-refractivity contribution is 0.415. The van der Waals surface area contributed by atoms with Crippen LogP contribution in [0.2, 0.25) is 0 Å². The standard InChI is InChI=1S/C18H26BrN3OS/c1-6-12(7-2)13(8-10(3)20)18-21-11(4)16(22-18)17-14(23-5)9-15(19)24-17/h8-9,12,18,20-22H,6-7H2,1-5H3/b13-8-,20-10?. The van der Waals surface area contributed by atoms with Crippen LogP contribution < -0.4 is 15.4 Å². The molecule has 1 aliphatic heterocycles. The SMILES string of the molecule is CCC(CC)/C(=C/C(C)=N)C1NC(C)=C(c2sc(Br)cc2OC)N1. The van der Waals surface area contributed by atoms with Gasteiger partial charge in [-0.05, 0) is 60.2 Å². The van der Waals surface area contributed by atoms with E-state index in [0.717, 1.165) is 38.6 Å². The second-order valence-electron chi connectivity index (χ2n) is 6.01. The van der Waals surface area contributed by atoms with Crippen LogP contribution in [0.5, 0.6) is 5.75 Å². The molecule has 1 atom stereocenters. The van der Waals surface area contributed by atoms with Crippen molar-refractivity contribution in [1.82, 2.24) is 10.6 Å². The second-order valence-corrected chi connectivity index (χ2v) is 8.44. The molecular formula is C18H26BrN3OS. The van der Waals surface area contributed by atoms with Gasteiger partial charge >= 0.3 is 0 Å². The van der Waals surface area contributed by atoms with E-state index >= 15 is 0 Å². The summed E-state index contributed by atoms with van der Waals surface area (Å²) < 4.78 is 6.55. The summed E-state index contributed by atoms with van der Waals surface area (Å²) >= 11 is 5.20. The largest absolute Gasteiger partial charge is 0.495 e. The maximum absolute atomic E-state index is 7.89. The number of allylic oxidation sites excluding steroid dienone is 2. The molecule has 2 rings (SSSR count). The first-order valence-electron chi connectivity index (χ1n) is 8.25. The summed E-state index contributed by atoms with van der Waals surface area (Å²) in [4.78, 5) is 1.09. The maximum atomic E-state index is 7.89. The number of nitrogens with one attached hydrogen (secondary N) is 3. The van der Waals surface area contributed by atoms with Crippen molar-refractivity contribution in [3.8, 4) is 5.75 Å². The van der Waals surface area contributed by atoms with Crippen molar-refractivity contribution in [3.05, 3.63) is 32.1 Å². The molecule has 0 fully saturated rings. The second kappa shape index (κ2) is 8.21. The molecule has 6 heteroatoms. The molecule has 1 aromatic rings. The molecular weight excluding hydrogens is 386 g/mol. The number of halogens is 1. The number of rotatable bonds is 7. The third-order valence-corrected chi connectivity index (χ3v) is 5.95. The molecule has 0 saturated carbocycles. The van der Waals surface area contributed by atoms with Crippen LogP contribution >= 0.6 is 27.3 Å². The fourth-order valence-electron chi connectivity index (χ4n) is 3.10. The van der Waals surface area contributed by atoms with Crippen molar-refractivity contribution in [2.75, 3.05) is 7.11 Å². The van der Waals surface area contributed by atoms with Crippen molar-refractivity contribution < 1.29 is 4.74 Å². The Morgan fingerprint density at radius 3 is 2.62 bits per heavy atom. The van der Waals surface area contributed by atoms with Crippen molar-refractivity contribution >= 4 is 38.7 Å². The molecule has 0 spiro atoms. The Balaban J connectivity index is 2.32. The molecule has 0 aliphatic carbocycles. The molecule has 132 valence electrons. The quantitative estimate of drug-likeness (QED) is 0.545. The minimum absolute atomic E-state index is 0.0239. The van der Waals surface area contributed by atoms with Crippen LogP contribution in [0, 0.1) is 11.3 Å². The van der Waals surface area contributed by atoms with E-state index in [4.69, 9.17) is 10.1 Å². The first-order valence-corrected chi connectivity index (χ1v) is 9.86. The van der Waals surface area contributed by atoms with Gasteiger partial charge in [0.05, 0.1) is 21.5 Å². The van der Waals surface area contributed by atoms with Gasteiger partial charge in [0.1, 0.15) is 11.9 Å². The van der Waals surface area contributed by atoms with Crippen LogP contribution in [0.15, 0.2) is 27.2 Å². The van der Waals surface area contributed by atoms with E-state index in [0.29, 0.717) is 11.6 Å². The van der Waals surface area contributed by atoms with Gasteiger partial charge in [-0.1, -0.05) is 13.8 Å². The Bertz CT molecular complexity index is 674. The van der Waals surface area contributed by atoms with E-state index in [-0.39, 0.29) is 6.17 Å². The highest BCUT2D eigenvalue weighted by atomic mass is 79.9. The summed E-state index contributed by atoms with van der Waals surface area (Å²) in [5.41, 5.74) is 4.01. The average molecular weight is 412 g/mol. The third-order valence-electron chi connectivity index (χ3n) is 4.31. The molecule has 24 heavy (non-hydrogen) atoms. The minimum Gasteiger partial charge on any atom is -0.495 e. The number of thiophene rings is 1. The van der Waals surface area contributed by atoms with Gasteiger partial charge in [-0.2, -0.15) is 0 Å². The smallest absolute Gasteiger partial charge is 0.140 e. The van der Waals surface area contributed by atoms with E-state index in [1.807, 2.05) is 19.1 Å². The summed E-state index contributed by atoms with van der Waals surface area (Å²) in [5, 5.41) is 15.1. The van der Waals surface area contributed by atoms with Crippen molar-refractivity contribution in [1.29, 1.82) is 5.41 Å². The Morgan fingerprint density at radius 2 is 2.08 bits per heavy atom. The van der Waals surface area contributed by atoms with E-state index in [1.54, 1.807) is 18.4 Å².